The molecular formula is C15H30ClN3O3S. The highest BCUT2D eigenvalue weighted by Gasteiger charge is 2.35. The summed E-state index contributed by atoms with van der Waals surface area (Å²) < 4.78 is 23.3. The van der Waals surface area contributed by atoms with Gasteiger partial charge in [0.1, 0.15) is 0 Å². The summed E-state index contributed by atoms with van der Waals surface area (Å²) in [6, 6.07) is 0.258. The molecule has 2 heterocycles. The molecule has 136 valence electrons. The van der Waals surface area contributed by atoms with Crippen molar-refractivity contribution >= 4 is 28.2 Å². The summed E-state index contributed by atoms with van der Waals surface area (Å²) in [5.74, 6) is 0.397. The van der Waals surface area contributed by atoms with Gasteiger partial charge in [-0.15, -0.1) is 12.4 Å². The van der Waals surface area contributed by atoms with Crippen molar-refractivity contribution in [2.24, 2.45) is 5.73 Å². The molecule has 0 bridgehead atoms. The summed E-state index contributed by atoms with van der Waals surface area (Å²) in [6.45, 7) is 4.49. The number of rotatable bonds is 6. The predicted molar refractivity (Wildman–Crippen MR) is 94.6 cm³/mol. The topological polar surface area (TPSA) is 83.7 Å². The zero-order chi connectivity index (χ0) is 16.2. The molecule has 0 aromatic rings. The number of likely N-dealkylation sites (tertiary alicyclic amines) is 1. The van der Waals surface area contributed by atoms with Crippen LogP contribution in [-0.4, -0.2) is 73.9 Å². The van der Waals surface area contributed by atoms with Gasteiger partial charge in [-0.25, -0.2) is 8.42 Å². The molecular weight excluding hydrogens is 338 g/mol. The number of nitrogens with zero attached hydrogens (tertiary/aromatic N) is 2. The molecule has 1 amide bonds. The number of halogens is 1. The van der Waals surface area contributed by atoms with Gasteiger partial charge < -0.3 is 10.6 Å². The van der Waals surface area contributed by atoms with Gasteiger partial charge in [0, 0.05) is 18.6 Å². The Balaban J connectivity index is 0.00000264. The van der Waals surface area contributed by atoms with Crippen LogP contribution in [-0.2, 0) is 14.6 Å². The highest BCUT2D eigenvalue weighted by Crippen LogP contribution is 2.21. The predicted octanol–water partition coefficient (Wildman–Crippen LogP) is 0.647. The zero-order valence-corrected chi connectivity index (χ0v) is 15.6. The van der Waals surface area contributed by atoms with Gasteiger partial charge in [0.15, 0.2) is 9.84 Å². The van der Waals surface area contributed by atoms with Crippen LogP contribution < -0.4 is 5.73 Å². The summed E-state index contributed by atoms with van der Waals surface area (Å²) >= 11 is 0. The second-order valence-electron chi connectivity index (χ2n) is 6.43. The van der Waals surface area contributed by atoms with Crippen LogP contribution in [0.4, 0.5) is 0 Å². The van der Waals surface area contributed by atoms with Crippen LogP contribution >= 0.6 is 12.4 Å². The number of likely N-dealkylation sites (N-methyl/N-ethyl adjacent to an activating group) is 1. The molecule has 2 rings (SSSR count). The van der Waals surface area contributed by atoms with Crippen LogP contribution in [0.25, 0.3) is 0 Å². The van der Waals surface area contributed by atoms with E-state index in [1.54, 1.807) is 4.90 Å². The minimum atomic E-state index is -2.96. The molecule has 23 heavy (non-hydrogen) atoms. The lowest BCUT2D eigenvalue weighted by atomic mass is 9.99. The van der Waals surface area contributed by atoms with E-state index in [0.29, 0.717) is 32.1 Å². The summed E-state index contributed by atoms with van der Waals surface area (Å²) in [5.41, 5.74) is 5.68. The van der Waals surface area contributed by atoms with Crippen molar-refractivity contribution in [3.63, 3.8) is 0 Å². The van der Waals surface area contributed by atoms with E-state index in [0.717, 1.165) is 25.8 Å². The van der Waals surface area contributed by atoms with Crippen molar-refractivity contribution in [1.29, 1.82) is 0 Å². The molecule has 2 saturated heterocycles. The highest BCUT2D eigenvalue weighted by molar-refractivity contribution is 7.91. The Morgan fingerprint density at radius 1 is 1.30 bits per heavy atom. The van der Waals surface area contributed by atoms with Crippen molar-refractivity contribution < 1.29 is 13.2 Å². The Kier molecular flexibility index (Phi) is 8.27. The largest absolute Gasteiger partial charge is 0.338 e. The van der Waals surface area contributed by atoms with Gasteiger partial charge in [0.25, 0.3) is 0 Å². The first-order valence-corrected chi connectivity index (χ1v) is 10.2. The summed E-state index contributed by atoms with van der Waals surface area (Å²) in [4.78, 5) is 16.7. The molecule has 0 aliphatic carbocycles. The fraction of sp³-hybridized carbons (Fsp3) is 0.933. The van der Waals surface area contributed by atoms with E-state index in [9.17, 15) is 13.2 Å². The summed E-state index contributed by atoms with van der Waals surface area (Å²) in [7, 11) is -2.96. The number of amides is 1. The average Bonchev–Trinajstić information content (AvgIpc) is 2.82. The van der Waals surface area contributed by atoms with Gasteiger partial charge in [-0.3, -0.25) is 9.69 Å². The van der Waals surface area contributed by atoms with Crippen LogP contribution in [0.2, 0.25) is 0 Å². The molecule has 0 spiro atoms. The number of carbonyl (C=O) groups excluding carboxylic acids is 1. The standard InChI is InChI=1S/C15H29N3O3S.ClH/c1-2-18(14-7-10-22(20,21)12-14)15(19)11-17-9-4-3-5-13(17)6-8-16;/h13-14H,2-12,16H2,1H3;1H. The fourth-order valence-electron chi connectivity index (χ4n) is 3.71. The Bertz CT molecular complexity index is 484. The third kappa shape index (κ3) is 5.59. The maximum Gasteiger partial charge on any atom is 0.237 e. The molecule has 2 N–H and O–H groups in total. The number of carbonyl (C=O) groups is 1. The lowest BCUT2D eigenvalue weighted by molar-refractivity contribution is -0.135. The van der Waals surface area contributed by atoms with Crippen molar-refractivity contribution in [2.45, 2.75) is 51.1 Å². The number of sulfone groups is 1. The third-order valence-electron chi connectivity index (χ3n) is 4.90. The van der Waals surface area contributed by atoms with E-state index in [1.807, 2.05) is 6.92 Å². The molecule has 2 aliphatic rings. The molecule has 2 fully saturated rings. The first-order chi connectivity index (χ1) is 10.5. The number of hydrogen-bond donors (Lipinski definition) is 1. The minimum Gasteiger partial charge on any atom is -0.338 e. The van der Waals surface area contributed by atoms with E-state index in [4.69, 9.17) is 5.73 Å². The summed E-state index contributed by atoms with van der Waals surface area (Å²) in [5, 5.41) is 0. The Morgan fingerprint density at radius 2 is 2.04 bits per heavy atom. The first kappa shape index (κ1) is 20.7. The van der Waals surface area contributed by atoms with Crippen molar-refractivity contribution in [3.8, 4) is 0 Å². The smallest absolute Gasteiger partial charge is 0.237 e. The van der Waals surface area contributed by atoms with Gasteiger partial charge in [-0.05, 0) is 45.7 Å². The number of piperidine rings is 1. The van der Waals surface area contributed by atoms with Crippen LogP contribution in [0.3, 0.4) is 0 Å². The monoisotopic (exact) mass is 367 g/mol. The van der Waals surface area contributed by atoms with Crippen molar-refractivity contribution in [3.05, 3.63) is 0 Å². The third-order valence-corrected chi connectivity index (χ3v) is 6.65. The normalized spacial score (nSPS) is 27.4. The maximum absolute atomic E-state index is 12.6. The van der Waals surface area contributed by atoms with Gasteiger partial charge in [-0.1, -0.05) is 6.42 Å². The first-order valence-electron chi connectivity index (χ1n) is 8.41. The highest BCUT2D eigenvalue weighted by atomic mass is 35.5. The lowest BCUT2D eigenvalue weighted by Gasteiger charge is -2.37. The molecule has 6 nitrogen and oxygen atoms in total. The van der Waals surface area contributed by atoms with Crippen LogP contribution in [0, 0.1) is 0 Å². The molecule has 0 radical (unpaired) electrons. The fourth-order valence-corrected chi connectivity index (χ4v) is 5.44. The van der Waals surface area contributed by atoms with E-state index in [2.05, 4.69) is 4.90 Å². The number of nitrogens with two attached hydrogens (primary N) is 1. The van der Waals surface area contributed by atoms with E-state index >= 15 is 0 Å². The van der Waals surface area contributed by atoms with Gasteiger partial charge in [0.2, 0.25) is 5.91 Å². The van der Waals surface area contributed by atoms with Crippen molar-refractivity contribution in [2.75, 3.05) is 37.7 Å². The SMILES string of the molecule is CCN(C(=O)CN1CCCCC1CCN)C1CCS(=O)(=O)C1.Cl. The summed E-state index contributed by atoms with van der Waals surface area (Å²) in [6.07, 6.45) is 4.94. The Hall–Kier alpha value is -0.370. The quantitative estimate of drug-likeness (QED) is 0.745. The van der Waals surface area contributed by atoms with E-state index in [1.165, 1.54) is 6.42 Å². The van der Waals surface area contributed by atoms with E-state index in [-0.39, 0.29) is 35.9 Å². The molecule has 0 saturated carbocycles. The minimum absolute atomic E-state index is 0. The molecule has 0 aromatic carbocycles. The average molecular weight is 368 g/mol. The maximum atomic E-state index is 12.6. The van der Waals surface area contributed by atoms with Gasteiger partial charge >= 0.3 is 0 Å². The molecule has 8 heteroatoms. The van der Waals surface area contributed by atoms with E-state index < -0.39 is 9.84 Å². The van der Waals surface area contributed by atoms with Crippen molar-refractivity contribution in [1.82, 2.24) is 9.80 Å². The molecule has 0 aromatic heterocycles. The Labute approximate surface area is 146 Å². The Morgan fingerprint density at radius 3 is 2.61 bits per heavy atom. The van der Waals surface area contributed by atoms with Gasteiger partial charge in [0.05, 0.1) is 18.1 Å². The van der Waals surface area contributed by atoms with Crippen LogP contribution in [0.1, 0.15) is 39.0 Å². The second kappa shape index (κ2) is 9.20. The van der Waals surface area contributed by atoms with Crippen LogP contribution in [0.5, 0.6) is 0 Å². The number of hydrogen-bond acceptors (Lipinski definition) is 5. The second-order valence-corrected chi connectivity index (χ2v) is 8.66. The van der Waals surface area contributed by atoms with Crippen LogP contribution in [0.15, 0.2) is 0 Å². The molecule has 2 aliphatic heterocycles. The lowest BCUT2D eigenvalue weighted by Crippen LogP contribution is -2.50. The molecule has 2 unspecified atom stereocenters. The zero-order valence-electron chi connectivity index (χ0n) is 13.9. The van der Waals surface area contributed by atoms with Gasteiger partial charge in [-0.2, -0.15) is 0 Å². The molecule has 2 atom stereocenters.